The highest BCUT2D eigenvalue weighted by molar-refractivity contribution is 6.14. The fourth-order valence-corrected chi connectivity index (χ4v) is 17.9. The van der Waals surface area contributed by atoms with Crippen LogP contribution in [0.25, 0.3) is 157 Å². The van der Waals surface area contributed by atoms with Crippen molar-refractivity contribution in [2.75, 3.05) is 9.80 Å². The van der Waals surface area contributed by atoms with Crippen LogP contribution in [0.3, 0.4) is 0 Å². The molecule has 0 amide bonds. The summed E-state index contributed by atoms with van der Waals surface area (Å²) >= 11 is 0. The number of benzene rings is 12. The molecule has 5 aromatic heterocycles. The summed E-state index contributed by atoms with van der Waals surface area (Å²) in [4.78, 5) is 24.7. The van der Waals surface area contributed by atoms with Crippen LogP contribution < -0.4 is 9.80 Å². The van der Waals surface area contributed by atoms with Crippen LogP contribution in [-0.2, 0) is 13.1 Å². The van der Waals surface area contributed by atoms with Gasteiger partial charge in [-0.2, -0.15) is 0 Å². The number of H-pyrrole nitrogens is 2. The van der Waals surface area contributed by atoms with E-state index in [1.165, 1.54) is 77.0 Å². The van der Waals surface area contributed by atoms with Gasteiger partial charge in [0.05, 0.1) is 22.8 Å². The molecule has 0 saturated heterocycles. The predicted molar refractivity (Wildman–Crippen MR) is 467 cm³/mol. The van der Waals surface area contributed by atoms with Crippen LogP contribution in [0.1, 0.15) is 70.0 Å². The molecule has 8 nitrogen and oxygen atoms in total. The van der Waals surface area contributed by atoms with Gasteiger partial charge in [-0.15, -0.1) is 0 Å². The summed E-state index contributed by atoms with van der Waals surface area (Å²) in [5, 5.41) is 4.77. The van der Waals surface area contributed by atoms with Crippen molar-refractivity contribution in [3.05, 3.63) is 347 Å². The second kappa shape index (κ2) is 27.3. The smallest absolute Gasteiger partial charge is 0.0737 e. The third kappa shape index (κ3) is 11.6. The molecule has 0 unspecified atom stereocenters. The lowest BCUT2D eigenvalue weighted by molar-refractivity contribution is 0.827. The van der Waals surface area contributed by atoms with E-state index in [-0.39, 0.29) is 0 Å². The van der Waals surface area contributed by atoms with Gasteiger partial charge in [0.2, 0.25) is 0 Å². The molecule has 0 saturated carbocycles. The molecule has 8 heteroatoms. The third-order valence-electron chi connectivity index (χ3n) is 22.5. The largest absolute Gasteiger partial charge is 0.354 e. The Labute approximate surface area is 641 Å². The molecule has 0 radical (unpaired) electrons. The third-order valence-corrected chi connectivity index (χ3v) is 22.5. The molecule has 19 rings (SSSR count). The van der Waals surface area contributed by atoms with Gasteiger partial charge in [-0.1, -0.05) is 157 Å². The van der Waals surface area contributed by atoms with E-state index in [0.717, 1.165) is 159 Å². The summed E-state index contributed by atoms with van der Waals surface area (Å²) in [6.07, 6.45) is 8.94. The molecule has 7 heterocycles. The summed E-state index contributed by atoms with van der Waals surface area (Å²) in [6.45, 7) is 19.5. The molecule has 530 valence electrons. The average Bonchev–Trinajstić information content (AvgIpc) is 1.60. The van der Waals surface area contributed by atoms with Crippen molar-refractivity contribution in [1.29, 1.82) is 0 Å². The van der Waals surface area contributed by atoms with E-state index in [1.54, 1.807) is 0 Å². The van der Waals surface area contributed by atoms with E-state index >= 15 is 0 Å². The van der Waals surface area contributed by atoms with Gasteiger partial charge in [-0.05, 0) is 292 Å². The van der Waals surface area contributed by atoms with Gasteiger partial charge in [0.25, 0.3) is 0 Å². The minimum absolute atomic E-state index is 0.819. The Balaban J connectivity index is 0.809. The van der Waals surface area contributed by atoms with Crippen LogP contribution in [0, 0.1) is 41.5 Å². The highest BCUT2D eigenvalue weighted by Gasteiger charge is 2.25. The molecular formula is C102H82N8. The first-order valence-corrected chi connectivity index (χ1v) is 38.4. The number of para-hydroxylation sites is 4. The lowest BCUT2D eigenvalue weighted by Gasteiger charge is -2.25. The first-order chi connectivity index (χ1) is 53.9. The topological polar surface area (TPSA) is 73.7 Å². The Bertz CT molecular complexity index is 6230. The summed E-state index contributed by atoms with van der Waals surface area (Å²) in [5.41, 5.74) is 39.1. The van der Waals surface area contributed by atoms with Crippen LogP contribution in [0.15, 0.2) is 291 Å². The van der Waals surface area contributed by atoms with Gasteiger partial charge >= 0.3 is 0 Å². The van der Waals surface area contributed by atoms with Gasteiger partial charge in [-0.3, -0.25) is 0 Å². The first-order valence-electron chi connectivity index (χ1n) is 38.4. The number of hydrogen-bond acceptors (Lipinski definition) is 4. The molecule has 2 aliphatic rings. The van der Waals surface area contributed by atoms with Gasteiger partial charge < -0.3 is 28.9 Å². The highest BCUT2D eigenvalue weighted by Crippen LogP contribution is 2.46. The summed E-state index contributed by atoms with van der Waals surface area (Å²) in [5.74, 6) is 0. The van der Waals surface area contributed by atoms with E-state index in [9.17, 15) is 0 Å². The van der Waals surface area contributed by atoms with Crippen LogP contribution in [0.5, 0.6) is 0 Å². The molecule has 12 aromatic carbocycles. The SMILES string of the molecule is CCn1c2ccc(-c3ccc(N(c4ccccc4)c4ccccc4)cc3)cc2c2cc(-c3c4nc(c(-c5c(C)cc(C)cc5C)c5ccc([nH]5)c(-c5ccc6c(c5)c5cc(-c7ccc(N(c8ccccc8)c8ccccc8)cc7)ccc5n6CC)c5nc(c(-c6c(C)cc(C)cc6C)c6ccc3[nH]6)C=C5)C=C4)ccc21. The second-order valence-corrected chi connectivity index (χ2v) is 29.6. The molecular weight excluding hydrogens is 1340 g/mol. The molecule has 8 bridgehead atoms. The number of nitrogens with zero attached hydrogens (tertiary/aromatic N) is 6. The van der Waals surface area contributed by atoms with E-state index < -0.39 is 0 Å². The molecule has 0 fully saturated rings. The number of rotatable bonds is 14. The molecule has 0 aliphatic carbocycles. The van der Waals surface area contributed by atoms with E-state index in [4.69, 9.17) is 9.97 Å². The maximum Gasteiger partial charge on any atom is 0.0737 e. The zero-order chi connectivity index (χ0) is 74.4. The van der Waals surface area contributed by atoms with Crippen LogP contribution in [0.2, 0.25) is 0 Å². The molecule has 17 aromatic rings. The van der Waals surface area contributed by atoms with Crippen molar-refractivity contribution >= 4 is 124 Å². The number of aromatic nitrogens is 6. The average molecular weight is 1420 g/mol. The lowest BCUT2D eigenvalue weighted by atomic mass is 9.92. The number of aromatic amines is 2. The highest BCUT2D eigenvalue weighted by atomic mass is 15.1. The zero-order valence-electron chi connectivity index (χ0n) is 63.1. The molecule has 110 heavy (non-hydrogen) atoms. The Morgan fingerprint density at radius 3 is 0.809 bits per heavy atom. The molecule has 2 N–H and O–H groups in total. The maximum absolute atomic E-state index is 5.89. The predicted octanol–water partition coefficient (Wildman–Crippen LogP) is 27.7. The number of anilines is 6. The Morgan fingerprint density at radius 2 is 0.509 bits per heavy atom. The van der Waals surface area contributed by atoms with E-state index in [0.29, 0.717) is 0 Å². The molecule has 0 spiro atoms. The minimum Gasteiger partial charge on any atom is -0.354 e. The summed E-state index contributed by atoms with van der Waals surface area (Å²) in [7, 11) is 0. The van der Waals surface area contributed by atoms with Gasteiger partial charge in [0.1, 0.15) is 0 Å². The van der Waals surface area contributed by atoms with Crippen molar-refractivity contribution in [3.63, 3.8) is 0 Å². The fraction of sp³-hybridized carbons (Fsp3) is 0.0980. The second-order valence-electron chi connectivity index (χ2n) is 29.6. The lowest BCUT2D eigenvalue weighted by Crippen LogP contribution is -2.09. The minimum atomic E-state index is 0.819. The van der Waals surface area contributed by atoms with E-state index in [1.807, 2.05) is 0 Å². The standard InChI is InChI=1S/C102H82N8/c1-9-107-93-51-35-71(69-31-39-79(40-32-69)109(75-23-15-11-16-24-75)76-25-17-12-18-26-76)59-81(93)83-61-73(37-53-95(83)107)99-85-43-47-89(103-85)101(97-65(5)55-63(3)56-66(97)6)91-49-45-87(105-91)100(88-46-50-92(106-88)102(90-48-44-86(99)104-90)98-67(7)57-64(4)58-68(98)8)74-38-54-96-84(62-74)82-60-72(36-52-94(82)108(96)10-2)70-33-41-80(42-34-70)110(77-27-19-13-20-28-77)78-29-21-14-22-30-78/h11-62,103,106H,9-10H2,1-8H3. The first kappa shape index (κ1) is 67.1. The van der Waals surface area contributed by atoms with Crippen molar-refractivity contribution in [2.24, 2.45) is 0 Å². The van der Waals surface area contributed by atoms with Crippen LogP contribution >= 0.6 is 0 Å². The Hall–Kier alpha value is -13.6. The van der Waals surface area contributed by atoms with Gasteiger partial charge in [0, 0.05) is 135 Å². The molecule has 2 aliphatic heterocycles. The Kier molecular flexibility index (Phi) is 16.7. The van der Waals surface area contributed by atoms with Gasteiger partial charge in [-0.25, -0.2) is 9.97 Å². The van der Waals surface area contributed by atoms with Crippen molar-refractivity contribution in [3.8, 4) is 66.8 Å². The van der Waals surface area contributed by atoms with Crippen molar-refractivity contribution in [2.45, 2.75) is 68.5 Å². The van der Waals surface area contributed by atoms with Crippen LogP contribution in [-0.4, -0.2) is 29.1 Å². The zero-order valence-corrected chi connectivity index (χ0v) is 63.1. The van der Waals surface area contributed by atoms with Crippen molar-refractivity contribution < 1.29 is 0 Å². The summed E-state index contributed by atoms with van der Waals surface area (Å²) < 4.78 is 4.91. The van der Waals surface area contributed by atoms with Crippen LogP contribution in [0.4, 0.5) is 34.1 Å². The van der Waals surface area contributed by atoms with Gasteiger partial charge in [0.15, 0.2) is 0 Å². The molecule has 0 atom stereocenters. The maximum atomic E-state index is 5.89. The fourth-order valence-electron chi connectivity index (χ4n) is 17.9. The monoisotopic (exact) mass is 1420 g/mol. The number of aryl methyl sites for hydroxylation is 8. The number of hydrogen-bond donors (Lipinski definition) is 2. The number of fused-ring (bicyclic) bond motifs is 14. The Morgan fingerprint density at radius 1 is 0.255 bits per heavy atom. The quantitative estimate of drug-likeness (QED) is 0.114. The summed E-state index contributed by atoms with van der Waals surface area (Å²) in [6, 6.07) is 107. The van der Waals surface area contributed by atoms with E-state index in [2.05, 4.69) is 400 Å². The number of nitrogens with one attached hydrogen (secondary N) is 2. The van der Waals surface area contributed by atoms with Crippen molar-refractivity contribution in [1.82, 2.24) is 29.1 Å². The normalized spacial score (nSPS) is 12.0.